The van der Waals surface area contributed by atoms with Gasteiger partial charge in [-0.3, -0.25) is 0 Å². The van der Waals surface area contributed by atoms with E-state index in [1.807, 2.05) is 13.8 Å². The van der Waals surface area contributed by atoms with Crippen LogP contribution in [0.5, 0.6) is 0 Å². The number of hydrogen-bond donors (Lipinski definition) is 1. The third-order valence-electron chi connectivity index (χ3n) is 2.87. The van der Waals surface area contributed by atoms with Crippen molar-refractivity contribution in [1.82, 2.24) is 0 Å². The van der Waals surface area contributed by atoms with Gasteiger partial charge in [-0.15, -0.1) is 0 Å². The monoisotopic (exact) mass is 291 g/mol. The molecule has 1 aromatic carbocycles. The van der Waals surface area contributed by atoms with Gasteiger partial charge in [0.05, 0.1) is 4.47 Å². The van der Waals surface area contributed by atoms with Gasteiger partial charge in [-0.05, 0) is 46.8 Å². The first kappa shape index (κ1) is 13.6. The number of benzene rings is 1. The molecule has 0 aliphatic rings. The predicted octanol–water partition coefficient (Wildman–Crippen LogP) is 3.64. The van der Waals surface area contributed by atoms with E-state index in [-0.39, 0.29) is 17.5 Å². The third kappa shape index (κ3) is 3.01. The minimum atomic E-state index is -0.518. The lowest BCUT2D eigenvalue weighted by atomic mass is 9.92. The summed E-state index contributed by atoms with van der Waals surface area (Å²) < 4.78 is 27.4. The Labute approximate surface area is 103 Å². The van der Waals surface area contributed by atoms with Crippen LogP contribution < -0.4 is 5.73 Å². The van der Waals surface area contributed by atoms with Crippen molar-refractivity contribution in [2.45, 2.75) is 32.7 Å². The van der Waals surface area contributed by atoms with Crippen molar-refractivity contribution in [2.24, 2.45) is 11.7 Å². The van der Waals surface area contributed by atoms with Crippen LogP contribution in [0.1, 0.15) is 25.8 Å². The summed E-state index contributed by atoms with van der Waals surface area (Å²) in [7, 11) is 0. The van der Waals surface area contributed by atoms with E-state index in [0.29, 0.717) is 10.9 Å². The fourth-order valence-electron chi connectivity index (χ4n) is 1.63. The Balaban J connectivity index is 2.92. The molecule has 0 aliphatic heterocycles. The quantitative estimate of drug-likeness (QED) is 0.842. The van der Waals surface area contributed by atoms with Gasteiger partial charge < -0.3 is 5.73 Å². The summed E-state index contributed by atoms with van der Waals surface area (Å²) in [6.45, 7) is 3.88. The summed E-state index contributed by atoms with van der Waals surface area (Å²) >= 11 is 3.05. The third-order valence-corrected chi connectivity index (χ3v) is 3.48. The number of rotatable bonds is 4. The van der Waals surface area contributed by atoms with Crippen LogP contribution in [0.15, 0.2) is 16.6 Å². The predicted molar refractivity (Wildman–Crippen MR) is 65.2 cm³/mol. The second kappa shape index (κ2) is 5.73. The molecule has 0 amide bonds. The molecule has 4 heteroatoms. The normalized spacial score (nSPS) is 14.9. The molecule has 2 atom stereocenters. The molecule has 1 nitrogen and oxygen atoms in total. The Bertz CT molecular complexity index is 368. The van der Waals surface area contributed by atoms with Crippen molar-refractivity contribution in [1.29, 1.82) is 0 Å². The van der Waals surface area contributed by atoms with Crippen molar-refractivity contribution < 1.29 is 8.78 Å². The largest absolute Gasteiger partial charge is 0.327 e. The lowest BCUT2D eigenvalue weighted by Gasteiger charge is -2.19. The van der Waals surface area contributed by atoms with Crippen LogP contribution in [0, 0.1) is 17.6 Å². The Hall–Kier alpha value is -0.480. The fraction of sp³-hybridized carbons (Fsp3) is 0.500. The van der Waals surface area contributed by atoms with E-state index in [0.717, 1.165) is 6.42 Å². The van der Waals surface area contributed by atoms with Crippen molar-refractivity contribution >= 4 is 15.9 Å². The van der Waals surface area contributed by atoms with Crippen LogP contribution in [0.4, 0.5) is 8.78 Å². The molecule has 0 radical (unpaired) electrons. The summed E-state index contributed by atoms with van der Waals surface area (Å²) in [6, 6.07) is 2.61. The van der Waals surface area contributed by atoms with Crippen LogP contribution >= 0.6 is 15.9 Å². The molecule has 0 bridgehead atoms. The van der Waals surface area contributed by atoms with Gasteiger partial charge in [-0.1, -0.05) is 13.8 Å². The summed E-state index contributed by atoms with van der Waals surface area (Å²) in [4.78, 5) is 0. The minimum Gasteiger partial charge on any atom is -0.327 e. The Kier molecular flexibility index (Phi) is 4.87. The van der Waals surface area contributed by atoms with Crippen molar-refractivity contribution in [2.75, 3.05) is 0 Å². The van der Waals surface area contributed by atoms with Crippen molar-refractivity contribution in [3.8, 4) is 0 Å². The van der Waals surface area contributed by atoms with Crippen LogP contribution in [0.3, 0.4) is 0 Å². The maximum absolute atomic E-state index is 13.7. The van der Waals surface area contributed by atoms with E-state index >= 15 is 0 Å². The maximum atomic E-state index is 13.7. The van der Waals surface area contributed by atoms with Gasteiger partial charge in [0.25, 0.3) is 0 Å². The van der Waals surface area contributed by atoms with Crippen molar-refractivity contribution in [3.63, 3.8) is 0 Å². The number of halogens is 3. The molecule has 0 fully saturated rings. The highest BCUT2D eigenvalue weighted by Gasteiger charge is 2.18. The number of nitrogens with two attached hydrogens (primary N) is 1. The summed E-state index contributed by atoms with van der Waals surface area (Å²) in [5, 5.41) is 0. The molecule has 0 spiro atoms. The second-order valence-corrected chi connectivity index (χ2v) is 4.93. The Morgan fingerprint density at radius 2 is 2.00 bits per heavy atom. The maximum Gasteiger partial charge on any atom is 0.143 e. The molecule has 0 aromatic heterocycles. The summed E-state index contributed by atoms with van der Waals surface area (Å²) in [5.74, 6) is -0.964. The molecular weight excluding hydrogens is 276 g/mol. The van der Waals surface area contributed by atoms with Crippen molar-refractivity contribution in [3.05, 3.63) is 33.8 Å². The highest BCUT2D eigenvalue weighted by molar-refractivity contribution is 9.10. The molecule has 0 saturated carbocycles. The lowest BCUT2D eigenvalue weighted by molar-refractivity contribution is 0.423. The molecule has 0 aliphatic carbocycles. The first-order valence-corrected chi connectivity index (χ1v) is 6.14. The Morgan fingerprint density at radius 1 is 1.38 bits per heavy atom. The second-order valence-electron chi connectivity index (χ2n) is 4.08. The molecule has 2 unspecified atom stereocenters. The van der Waals surface area contributed by atoms with Gasteiger partial charge in [0.1, 0.15) is 11.6 Å². The summed E-state index contributed by atoms with van der Waals surface area (Å²) in [6.07, 6.45) is 1.13. The first-order chi connectivity index (χ1) is 7.47. The molecule has 2 N–H and O–H groups in total. The zero-order valence-electron chi connectivity index (χ0n) is 9.43. The number of hydrogen-bond acceptors (Lipinski definition) is 1. The molecule has 1 aromatic rings. The van der Waals surface area contributed by atoms with Gasteiger partial charge in [0.15, 0.2) is 0 Å². The average molecular weight is 292 g/mol. The van der Waals surface area contributed by atoms with Gasteiger partial charge >= 0.3 is 0 Å². The topological polar surface area (TPSA) is 26.0 Å². The van der Waals surface area contributed by atoms with Gasteiger partial charge in [-0.25, -0.2) is 8.78 Å². The molecule has 16 heavy (non-hydrogen) atoms. The highest BCUT2D eigenvalue weighted by atomic mass is 79.9. The van der Waals surface area contributed by atoms with E-state index < -0.39 is 11.6 Å². The SMILES string of the molecule is CCC(N)C(C)Cc1c(F)ccc(Br)c1F. The average Bonchev–Trinajstić information content (AvgIpc) is 2.28. The fourth-order valence-corrected chi connectivity index (χ4v) is 2.00. The lowest BCUT2D eigenvalue weighted by Crippen LogP contribution is -2.29. The van der Waals surface area contributed by atoms with Crippen LogP contribution in [0.2, 0.25) is 0 Å². The van der Waals surface area contributed by atoms with Gasteiger partial charge in [0.2, 0.25) is 0 Å². The van der Waals surface area contributed by atoms with E-state index in [9.17, 15) is 8.78 Å². The van der Waals surface area contributed by atoms with E-state index in [1.165, 1.54) is 12.1 Å². The standard InChI is InChI=1S/C12H16BrF2N/c1-3-11(16)7(2)6-8-10(14)5-4-9(13)12(8)15/h4-5,7,11H,3,6,16H2,1-2H3. The zero-order chi connectivity index (χ0) is 12.3. The zero-order valence-corrected chi connectivity index (χ0v) is 11.0. The van der Waals surface area contributed by atoms with E-state index in [4.69, 9.17) is 5.73 Å². The molecule has 0 heterocycles. The van der Waals surface area contributed by atoms with E-state index in [1.54, 1.807) is 0 Å². The smallest absolute Gasteiger partial charge is 0.143 e. The molecule has 1 rings (SSSR count). The van der Waals surface area contributed by atoms with Gasteiger partial charge in [-0.2, -0.15) is 0 Å². The highest BCUT2D eigenvalue weighted by Crippen LogP contribution is 2.24. The Morgan fingerprint density at radius 3 is 2.56 bits per heavy atom. The van der Waals surface area contributed by atoms with Crippen LogP contribution in [-0.4, -0.2) is 6.04 Å². The first-order valence-electron chi connectivity index (χ1n) is 5.35. The summed E-state index contributed by atoms with van der Waals surface area (Å²) in [5.41, 5.74) is 5.96. The van der Waals surface area contributed by atoms with Crippen LogP contribution in [-0.2, 0) is 6.42 Å². The molecule has 90 valence electrons. The van der Waals surface area contributed by atoms with Crippen LogP contribution in [0.25, 0.3) is 0 Å². The molecule has 0 saturated heterocycles. The van der Waals surface area contributed by atoms with Gasteiger partial charge in [0, 0.05) is 11.6 Å². The molecular formula is C12H16BrF2N. The minimum absolute atomic E-state index is 0.0298. The van der Waals surface area contributed by atoms with E-state index in [2.05, 4.69) is 15.9 Å².